The van der Waals surface area contributed by atoms with Crippen molar-refractivity contribution in [1.29, 1.82) is 0 Å². The van der Waals surface area contributed by atoms with Crippen LogP contribution in [0, 0.1) is 0 Å². The molecule has 0 saturated heterocycles. The molecule has 2 rings (SSSR count). The Balaban J connectivity index is 1.70. The summed E-state index contributed by atoms with van der Waals surface area (Å²) in [5.41, 5.74) is 2.70. The standard InChI is InChI=1S/C16H24N2O3S/c1-22(20,21)13-9-16(19)17-10-5-12-18-11-4-7-14-6-2-3-8-15(14)18/h2-3,6,8H,4-5,7,9-13H2,1H3,(H,17,19). The number of para-hydroxylation sites is 1. The van der Waals surface area contributed by atoms with Crippen LogP contribution in [0.2, 0.25) is 0 Å². The van der Waals surface area contributed by atoms with Gasteiger partial charge in [0.1, 0.15) is 9.84 Å². The maximum Gasteiger partial charge on any atom is 0.221 e. The third-order valence-corrected chi connectivity index (χ3v) is 4.78. The minimum atomic E-state index is -3.07. The number of fused-ring (bicyclic) bond motifs is 1. The highest BCUT2D eigenvalue weighted by Crippen LogP contribution is 2.26. The summed E-state index contributed by atoms with van der Waals surface area (Å²) < 4.78 is 22.0. The molecule has 122 valence electrons. The minimum absolute atomic E-state index is 0.0470. The molecule has 0 aromatic heterocycles. The second-order valence-electron chi connectivity index (χ2n) is 5.80. The number of nitrogens with zero attached hydrogens (tertiary/aromatic N) is 1. The third kappa shape index (κ3) is 5.33. The highest BCUT2D eigenvalue weighted by molar-refractivity contribution is 7.90. The molecule has 1 aliphatic rings. The largest absolute Gasteiger partial charge is 0.371 e. The number of hydrogen-bond donors (Lipinski definition) is 1. The number of carbonyl (C=O) groups is 1. The van der Waals surface area contributed by atoms with E-state index in [1.165, 1.54) is 11.3 Å². The molecule has 0 atom stereocenters. The molecule has 1 aromatic carbocycles. The lowest BCUT2D eigenvalue weighted by molar-refractivity contribution is -0.120. The Bertz CT molecular complexity index is 614. The average molecular weight is 324 g/mol. The quantitative estimate of drug-likeness (QED) is 0.770. The molecule has 1 aromatic rings. The summed E-state index contributed by atoms with van der Waals surface area (Å²) in [6.45, 7) is 2.55. The highest BCUT2D eigenvalue weighted by Gasteiger charge is 2.15. The Morgan fingerprint density at radius 3 is 2.86 bits per heavy atom. The summed E-state index contributed by atoms with van der Waals surface area (Å²) in [6, 6.07) is 8.46. The van der Waals surface area contributed by atoms with Crippen LogP contribution in [0.5, 0.6) is 0 Å². The van der Waals surface area contributed by atoms with E-state index in [1.54, 1.807) is 0 Å². The van der Waals surface area contributed by atoms with Gasteiger partial charge in [-0.15, -0.1) is 0 Å². The first kappa shape index (κ1) is 16.8. The normalized spacial score (nSPS) is 14.5. The van der Waals surface area contributed by atoms with Gasteiger partial charge in [0.15, 0.2) is 0 Å². The lowest BCUT2D eigenvalue weighted by Crippen LogP contribution is -2.33. The summed E-state index contributed by atoms with van der Waals surface area (Å²) in [5.74, 6) is -0.275. The number of carbonyl (C=O) groups excluding carboxylic acids is 1. The van der Waals surface area contributed by atoms with E-state index in [4.69, 9.17) is 0 Å². The van der Waals surface area contributed by atoms with Crippen molar-refractivity contribution in [2.45, 2.75) is 25.7 Å². The Kier molecular flexibility index (Phi) is 5.83. The fourth-order valence-electron chi connectivity index (χ4n) is 2.71. The third-order valence-electron chi connectivity index (χ3n) is 3.83. The van der Waals surface area contributed by atoms with Crippen molar-refractivity contribution in [1.82, 2.24) is 5.32 Å². The maximum absolute atomic E-state index is 11.6. The Hall–Kier alpha value is -1.56. The Morgan fingerprint density at radius 1 is 1.32 bits per heavy atom. The number of nitrogens with one attached hydrogen (secondary N) is 1. The van der Waals surface area contributed by atoms with Crippen LogP contribution in [0.25, 0.3) is 0 Å². The van der Waals surface area contributed by atoms with Crippen LogP contribution >= 0.6 is 0 Å². The first-order valence-corrected chi connectivity index (χ1v) is 9.79. The molecule has 0 saturated carbocycles. The molecule has 0 radical (unpaired) electrons. The zero-order chi connectivity index (χ0) is 16.0. The van der Waals surface area contributed by atoms with Crippen LogP contribution in [-0.2, 0) is 21.1 Å². The van der Waals surface area contributed by atoms with Crippen molar-refractivity contribution in [2.24, 2.45) is 0 Å². The molecule has 0 spiro atoms. The van der Waals surface area contributed by atoms with Gasteiger partial charge in [0.25, 0.3) is 0 Å². The van der Waals surface area contributed by atoms with E-state index < -0.39 is 9.84 Å². The Morgan fingerprint density at radius 2 is 2.09 bits per heavy atom. The van der Waals surface area contributed by atoms with Crippen molar-refractivity contribution in [3.05, 3.63) is 29.8 Å². The van der Waals surface area contributed by atoms with E-state index in [0.29, 0.717) is 6.54 Å². The number of amides is 1. The number of rotatable bonds is 7. The predicted molar refractivity (Wildman–Crippen MR) is 88.9 cm³/mol. The first-order valence-electron chi connectivity index (χ1n) is 7.73. The number of sulfone groups is 1. The molecule has 1 N–H and O–H groups in total. The molecular formula is C16H24N2O3S. The number of aryl methyl sites for hydroxylation is 1. The van der Waals surface area contributed by atoms with Gasteiger partial charge in [-0.2, -0.15) is 0 Å². The Labute approximate surface area is 132 Å². The molecule has 1 aliphatic heterocycles. The molecular weight excluding hydrogens is 300 g/mol. The monoisotopic (exact) mass is 324 g/mol. The van der Waals surface area contributed by atoms with Gasteiger partial charge >= 0.3 is 0 Å². The smallest absolute Gasteiger partial charge is 0.221 e. The number of hydrogen-bond acceptors (Lipinski definition) is 4. The van der Waals surface area contributed by atoms with E-state index in [1.807, 2.05) is 0 Å². The van der Waals surface area contributed by atoms with Gasteiger partial charge in [-0.1, -0.05) is 18.2 Å². The van der Waals surface area contributed by atoms with Crippen molar-refractivity contribution in [3.8, 4) is 0 Å². The second-order valence-corrected chi connectivity index (χ2v) is 8.06. The molecule has 0 aliphatic carbocycles. The molecule has 22 heavy (non-hydrogen) atoms. The predicted octanol–water partition coefficient (Wildman–Crippen LogP) is 1.38. The average Bonchev–Trinajstić information content (AvgIpc) is 2.49. The molecule has 1 amide bonds. The topological polar surface area (TPSA) is 66.5 Å². The summed E-state index contributed by atoms with van der Waals surface area (Å²) in [4.78, 5) is 13.9. The van der Waals surface area contributed by atoms with E-state index in [9.17, 15) is 13.2 Å². The zero-order valence-electron chi connectivity index (χ0n) is 13.0. The van der Waals surface area contributed by atoms with E-state index in [2.05, 4.69) is 34.5 Å². The zero-order valence-corrected chi connectivity index (χ0v) is 13.9. The summed E-state index contributed by atoms with van der Waals surface area (Å²) >= 11 is 0. The van der Waals surface area contributed by atoms with Crippen molar-refractivity contribution < 1.29 is 13.2 Å². The van der Waals surface area contributed by atoms with Gasteiger partial charge in [-0.05, 0) is 30.9 Å². The summed E-state index contributed by atoms with van der Waals surface area (Å²) in [5, 5.41) is 2.79. The first-order chi connectivity index (χ1) is 10.5. The molecule has 1 heterocycles. The second kappa shape index (κ2) is 7.63. The van der Waals surface area contributed by atoms with Crippen LogP contribution in [0.15, 0.2) is 24.3 Å². The van der Waals surface area contributed by atoms with Gasteiger partial charge in [0.05, 0.1) is 5.75 Å². The summed E-state index contributed by atoms with van der Waals surface area (Å²) in [7, 11) is -3.07. The highest BCUT2D eigenvalue weighted by atomic mass is 32.2. The molecule has 6 heteroatoms. The lowest BCUT2D eigenvalue weighted by atomic mass is 10.0. The number of benzene rings is 1. The molecule has 0 unspecified atom stereocenters. The number of anilines is 1. The molecule has 0 bridgehead atoms. The fourth-order valence-corrected chi connectivity index (χ4v) is 3.26. The molecule has 5 nitrogen and oxygen atoms in total. The van der Waals surface area contributed by atoms with Gasteiger partial charge in [-0.25, -0.2) is 8.42 Å². The molecule has 0 fully saturated rings. The fraction of sp³-hybridized carbons (Fsp3) is 0.562. The van der Waals surface area contributed by atoms with Crippen LogP contribution in [0.4, 0.5) is 5.69 Å². The van der Waals surface area contributed by atoms with Crippen molar-refractivity contribution in [3.63, 3.8) is 0 Å². The van der Waals surface area contributed by atoms with E-state index in [-0.39, 0.29) is 18.1 Å². The minimum Gasteiger partial charge on any atom is -0.371 e. The van der Waals surface area contributed by atoms with Gasteiger partial charge in [0.2, 0.25) is 5.91 Å². The van der Waals surface area contributed by atoms with Crippen LogP contribution in [0.3, 0.4) is 0 Å². The van der Waals surface area contributed by atoms with Gasteiger partial charge in [-0.3, -0.25) is 4.79 Å². The van der Waals surface area contributed by atoms with Crippen LogP contribution in [0.1, 0.15) is 24.8 Å². The lowest BCUT2D eigenvalue weighted by Gasteiger charge is -2.31. The van der Waals surface area contributed by atoms with E-state index in [0.717, 1.165) is 38.6 Å². The van der Waals surface area contributed by atoms with Crippen molar-refractivity contribution in [2.75, 3.05) is 36.5 Å². The van der Waals surface area contributed by atoms with Crippen LogP contribution in [-0.4, -0.2) is 46.0 Å². The van der Waals surface area contributed by atoms with Gasteiger partial charge < -0.3 is 10.2 Å². The van der Waals surface area contributed by atoms with Gasteiger partial charge in [0, 0.05) is 38.0 Å². The van der Waals surface area contributed by atoms with Crippen molar-refractivity contribution >= 4 is 21.4 Å². The summed E-state index contributed by atoms with van der Waals surface area (Å²) in [6.07, 6.45) is 4.35. The van der Waals surface area contributed by atoms with E-state index >= 15 is 0 Å². The SMILES string of the molecule is CS(=O)(=O)CCC(=O)NCCCN1CCCc2ccccc21. The maximum atomic E-state index is 11.6. The van der Waals surface area contributed by atoms with Crippen LogP contribution < -0.4 is 10.2 Å².